The number of hydrogen-bond acceptors (Lipinski definition) is 7. The average molecular weight is 538 g/mol. The van der Waals surface area contributed by atoms with Gasteiger partial charge in [0.25, 0.3) is 0 Å². The molecule has 9 heteroatoms. The van der Waals surface area contributed by atoms with Crippen LogP contribution >= 0.6 is 0 Å². The normalized spacial score (nSPS) is 12.9. The third-order valence-corrected chi connectivity index (χ3v) is 6.73. The van der Waals surface area contributed by atoms with E-state index in [1.54, 1.807) is 30.0 Å². The highest BCUT2D eigenvalue weighted by molar-refractivity contribution is 6.22. The van der Waals surface area contributed by atoms with Gasteiger partial charge in [-0.1, -0.05) is 6.07 Å². The molecule has 0 spiro atoms. The van der Waals surface area contributed by atoms with Gasteiger partial charge >= 0.3 is 0 Å². The van der Waals surface area contributed by atoms with Crippen LogP contribution in [-0.4, -0.2) is 67.0 Å². The van der Waals surface area contributed by atoms with Crippen LogP contribution in [0.3, 0.4) is 0 Å². The van der Waals surface area contributed by atoms with Gasteiger partial charge in [-0.15, -0.1) is 0 Å². The zero-order chi connectivity index (χ0) is 28.2. The van der Waals surface area contributed by atoms with Crippen molar-refractivity contribution in [2.75, 3.05) is 45.3 Å². The number of ether oxygens (including phenoxy) is 2. The highest BCUT2D eigenvalue weighted by Crippen LogP contribution is 2.36. The summed E-state index contributed by atoms with van der Waals surface area (Å²) in [6.07, 6.45) is 0.855. The molecule has 9 nitrogen and oxygen atoms in total. The minimum atomic E-state index is -0.0565. The Morgan fingerprint density at radius 2 is 1.77 bits per heavy atom. The molecule has 1 aliphatic heterocycles. The second-order valence-corrected chi connectivity index (χ2v) is 9.88. The van der Waals surface area contributed by atoms with Crippen molar-refractivity contribution in [1.29, 1.82) is 5.26 Å². The van der Waals surface area contributed by atoms with Crippen LogP contribution < -0.4 is 14.4 Å². The third-order valence-electron chi connectivity index (χ3n) is 6.73. The summed E-state index contributed by atoms with van der Waals surface area (Å²) < 4.78 is 11.5. The van der Waals surface area contributed by atoms with Crippen LogP contribution in [0.4, 0.5) is 11.4 Å². The second kappa shape index (κ2) is 11.5. The number of aromatic amines is 1. The lowest BCUT2D eigenvalue weighted by atomic mass is 9.99. The third kappa shape index (κ3) is 5.63. The zero-order valence-corrected chi connectivity index (χ0v) is 22.8. The van der Waals surface area contributed by atoms with Crippen LogP contribution in [0.2, 0.25) is 0 Å². The van der Waals surface area contributed by atoms with Gasteiger partial charge in [-0.25, -0.2) is 4.99 Å². The molecule has 0 saturated carbocycles. The van der Waals surface area contributed by atoms with Crippen LogP contribution in [0, 0.1) is 11.3 Å². The molecule has 0 bridgehead atoms. The summed E-state index contributed by atoms with van der Waals surface area (Å²) in [6, 6.07) is 20.4. The van der Waals surface area contributed by atoms with Gasteiger partial charge in [0.05, 0.1) is 34.1 Å². The summed E-state index contributed by atoms with van der Waals surface area (Å²) in [4.78, 5) is 24.2. The quantitative estimate of drug-likeness (QED) is 0.306. The molecule has 0 saturated heterocycles. The first-order valence-corrected chi connectivity index (χ1v) is 13.1. The summed E-state index contributed by atoms with van der Waals surface area (Å²) in [6.45, 7) is 4.00. The number of hydrogen-bond donors (Lipinski definition) is 2. The van der Waals surface area contributed by atoms with Crippen molar-refractivity contribution in [3.63, 3.8) is 0 Å². The number of fused-ring (bicyclic) bond motifs is 2. The number of aromatic nitrogens is 1. The van der Waals surface area contributed by atoms with Gasteiger partial charge < -0.3 is 29.4 Å². The van der Waals surface area contributed by atoms with E-state index in [0.29, 0.717) is 59.3 Å². The van der Waals surface area contributed by atoms with E-state index in [0.717, 1.165) is 29.6 Å². The number of carbonyl (C=O) groups excluding carboxylic acids is 1. The van der Waals surface area contributed by atoms with E-state index in [1.807, 2.05) is 56.6 Å². The van der Waals surface area contributed by atoms with Crippen LogP contribution in [-0.2, 0) is 4.79 Å². The molecule has 0 atom stereocenters. The number of anilines is 1. The van der Waals surface area contributed by atoms with Crippen LogP contribution in [0.5, 0.6) is 17.4 Å². The summed E-state index contributed by atoms with van der Waals surface area (Å²) in [7, 11) is 4.02. The van der Waals surface area contributed by atoms with Gasteiger partial charge in [-0.2, -0.15) is 5.26 Å². The molecule has 204 valence electrons. The van der Waals surface area contributed by atoms with Gasteiger partial charge in [0, 0.05) is 30.1 Å². The number of amides is 1. The number of benzene rings is 3. The molecule has 2 heterocycles. The lowest BCUT2D eigenvalue weighted by molar-refractivity contribution is -0.116. The fourth-order valence-corrected chi connectivity index (χ4v) is 4.80. The molecule has 5 rings (SSSR count). The monoisotopic (exact) mass is 537 g/mol. The Morgan fingerprint density at radius 1 is 1.02 bits per heavy atom. The van der Waals surface area contributed by atoms with Crippen molar-refractivity contribution in [2.45, 2.75) is 13.3 Å². The number of nitriles is 1. The number of aliphatic imine (C=N–C) groups is 1. The van der Waals surface area contributed by atoms with Crippen molar-refractivity contribution in [1.82, 2.24) is 9.88 Å². The van der Waals surface area contributed by atoms with Gasteiger partial charge in [0.1, 0.15) is 13.2 Å². The van der Waals surface area contributed by atoms with E-state index in [4.69, 9.17) is 14.5 Å². The van der Waals surface area contributed by atoms with E-state index in [1.165, 1.54) is 0 Å². The summed E-state index contributed by atoms with van der Waals surface area (Å²) in [5.74, 6) is 1.18. The van der Waals surface area contributed by atoms with Crippen molar-refractivity contribution >= 4 is 33.9 Å². The van der Waals surface area contributed by atoms with Crippen LogP contribution in [0.25, 0.3) is 10.9 Å². The lowest BCUT2D eigenvalue weighted by Crippen LogP contribution is -2.31. The first-order valence-electron chi connectivity index (χ1n) is 13.1. The largest absolute Gasteiger partial charge is 0.494 e. The molecule has 1 amide bonds. The van der Waals surface area contributed by atoms with Crippen LogP contribution in [0.15, 0.2) is 65.7 Å². The molecule has 40 heavy (non-hydrogen) atoms. The maximum atomic E-state index is 12.4. The molecule has 4 aromatic rings. The van der Waals surface area contributed by atoms with E-state index >= 15 is 0 Å². The fraction of sp³-hybridized carbons (Fsp3) is 0.258. The topological polar surface area (TPSA) is 114 Å². The Labute approximate surface area is 232 Å². The zero-order valence-electron chi connectivity index (χ0n) is 22.8. The predicted molar refractivity (Wildman–Crippen MR) is 155 cm³/mol. The molecular weight excluding hydrogens is 506 g/mol. The molecule has 1 aromatic heterocycles. The predicted octanol–water partition coefficient (Wildman–Crippen LogP) is 4.99. The van der Waals surface area contributed by atoms with Gasteiger partial charge in [-0.05, 0) is 81.7 Å². The summed E-state index contributed by atoms with van der Waals surface area (Å²) in [5, 5.41) is 21.1. The number of rotatable bonds is 8. The number of H-pyrrole nitrogens is 1. The SMILES string of the molecule is CC(=O)N(CCCN(C)C)c1ccc(N=C(c2ccc3c(c2)OCCO3)c2c(O)[nH]c3cc(C#N)ccc23)cc1. The van der Waals surface area contributed by atoms with Crippen molar-refractivity contribution < 1.29 is 19.4 Å². The Balaban J connectivity index is 1.57. The van der Waals surface area contributed by atoms with Crippen molar-refractivity contribution in [3.05, 3.63) is 77.4 Å². The van der Waals surface area contributed by atoms with E-state index in [-0.39, 0.29) is 11.8 Å². The molecule has 2 N–H and O–H groups in total. The molecule has 0 radical (unpaired) electrons. The molecule has 1 aliphatic rings. The Hall–Kier alpha value is -4.81. The molecule has 0 aliphatic carbocycles. The highest BCUT2D eigenvalue weighted by Gasteiger charge is 2.22. The Kier molecular flexibility index (Phi) is 7.71. The fourth-order valence-electron chi connectivity index (χ4n) is 4.80. The van der Waals surface area contributed by atoms with Crippen LogP contribution in [0.1, 0.15) is 30.0 Å². The average Bonchev–Trinajstić information content (AvgIpc) is 3.28. The van der Waals surface area contributed by atoms with Gasteiger partial charge in [-0.3, -0.25) is 4.79 Å². The smallest absolute Gasteiger partial charge is 0.223 e. The number of nitrogens with one attached hydrogen (secondary N) is 1. The molecule has 0 unspecified atom stereocenters. The molecule has 3 aromatic carbocycles. The second-order valence-electron chi connectivity index (χ2n) is 9.88. The Morgan fingerprint density at radius 3 is 2.48 bits per heavy atom. The first kappa shape index (κ1) is 26.8. The van der Waals surface area contributed by atoms with E-state index in [2.05, 4.69) is 16.0 Å². The van der Waals surface area contributed by atoms with Gasteiger partial charge in [0.15, 0.2) is 17.4 Å². The minimum absolute atomic E-state index is 0.0209. The lowest BCUT2D eigenvalue weighted by Gasteiger charge is -2.22. The highest BCUT2D eigenvalue weighted by atomic mass is 16.6. The maximum absolute atomic E-state index is 12.4. The minimum Gasteiger partial charge on any atom is -0.494 e. The summed E-state index contributed by atoms with van der Waals surface area (Å²) in [5.41, 5.74) is 4.30. The van der Waals surface area contributed by atoms with E-state index < -0.39 is 0 Å². The molecule has 0 fully saturated rings. The van der Waals surface area contributed by atoms with Gasteiger partial charge in [0.2, 0.25) is 5.91 Å². The number of carbonyl (C=O) groups is 1. The first-order chi connectivity index (χ1) is 19.3. The van der Waals surface area contributed by atoms with Crippen molar-refractivity contribution in [3.8, 4) is 23.4 Å². The Bertz CT molecular complexity index is 1620. The van der Waals surface area contributed by atoms with E-state index in [9.17, 15) is 15.2 Å². The standard InChI is InChI=1S/C31H31N5O4/c1-20(37)36(14-4-13-35(2)3)24-9-7-23(8-10-24)33-30(22-6-12-27-28(18-22)40-16-15-39-27)29-25-11-5-21(19-32)17-26(25)34-31(29)38/h5-12,17-18,34,38H,4,13-16H2,1-3H3. The summed E-state index contributed by atoms with van der Waals surface area (Å²) >= 11 is 0. The van der Waals surface area contributed by atoms with Crippen molar-refractivity contribution in [2.24, 2.45) is 4.99 Å². The number of aromatic hydroxyl groups is 1. The number of nitrogens with zero attached hydrogens (tertiary/aromatic N) is 4. The maximum Gasteiger partial charge on any atom is 0.223 e. The molecular formula is C31H31N5O4.